The quantitative estimate of drug-likeness (QED) is 0.664. The van der Waals surface area contributed by atoms with E-state index in [2.05, 4.69) is 12.1 Å². The van der Waals surface area contributed by atoms with Crippen LogP contribution in [0, 0.1) is 0 Å². The summed E-state index contributed by atoms with van der Waals surface area (Å²) in [5, 5.41) is 13.0. The van der Waals surface area contributed by atoms with E-state index in [1.165, 1.54) is 0 Å². The highest BCUT2D eigenvalue weighted by Crippen LogP contribution is 2.48. The zero-order valence-electron chi connectivity index (χ0n) is 15.3. The van der Waals surface area contributed by atoms with Crippen LogP contribution in [0.4, 0.5) is 0 Å². The molecule has 3 aromatic rings. The summed E-state index contributed by atoms with van der Waals surface area (Å²) in [7, 11) is 6.24. The van der Waals surface area contributed by atoms with Crippen LogP contribution in [-0.2, 0) is 5.60 Å². The topological polar surface area (TPSA) is 29.5 Å². The lowest BCUT2D eigenvalue weighted by molar-refractivity contribution is 0.0807. The first-order chi connectivity index (χ1) is 12.3. The van der Waals surface area contributed by atoms with Gasteiger partial charge in [-0.2, -0.15) is 0 Å². The van der Waals surface area contributed by atoms with Crippen LogP contribution in [-0.4, -0.2) is 18.5 Å². The highest BCUT2D eigenvalue weighted by molar-refractivity contribution is 6.17. The Kier molecular flexibility index (Phi) is 3.74. The van der Waals surface area contributed by atoms with Gasteiger partial charge in [-0.1, -0.05) is 66.7 Å². The molecule has 0 fully saturated rings. The minimum absolute atomic E-state index is 0.764. The molecule has 1 unspecified atom stereocenters. The molecule has 0 aromatic heterocycles. The molecule has 4 rings (SSSR count). The van der Waals surface area contributed by atoms with Gasteiger partial charge in [0.25, 0.3) is 0 Å². The fourth-order valence-corrected chi connectivity index (χ4v) is 3.74. The van der Waals surface area contributed by atoms with Crippen LogP contribution in [0.2, 0.25) is 0 Å². The lowest BCUT2D eigenvalue weighted by atomic mass is 9.77. The van der Waals surface area contributed by atoms with Gasteiger partial charge < -0.3 is 9.84 Å². The predicted molar refractivity (Wildman–Crippen MR) is 108 cm³/mol. The highest BCUT2D eigenvalue weighted by Gasteiger charge is 2.32. The van der Waals surface area contributed by atoms with E-state index in [1.54, 1.807) is 0 Å². The van der Waals surface area contributed by atoms with Gasteiger partial charge in [-0.05, 0) is 42.8 Å². The minimum atomic E-state index is -1.02. The van der Waals surface area contributed by atoms with Crippen LogP contribution in [0.5, 0.6) is 5.75 Å². The number of aliphatic hydroxyl groups is 1. The van der Waals surface area contributed by atoms with Gasteiger partial charge in [0.15, 0.2) is 0 Å². The van der Waals surface area contributed by atoms with E-state index in [9.17, 15) is 5.11 Å². The number of hydrogen-bond donors (Lipinski definition) is 1. The van der Waals surface area contributed by atoms with E-state index >= 15 is 0 Å². The summed E-state index contributed by atoms with van der Waals surface area (Å²) < 4.78 is 6.17. The maximum absolute atomic E-state index is 11.0. The van der Waals surface area contributed by atoms with Gasteiger partial charge in [0, 0.05) is 10.9 Å². The second-order valence-electron chi connectivity index (χ2n) is 7.58. The average Bonchev–Trinajstić information content (AvgIpc) is 2.59. The van der Waals surface area contributed by atoms with Crippen molar-refractivity contribution in [1.29, 1.82) is 0 Å². The molecule has 1 atom stereocenters. The molecule has 0 amide bonds. The van der Waals surface area contributed by atoms with E-state index in [-0.39, 0.29) is 0 Å². The lowest BCUT2D eigenvalue weighted by Gasteiger charge is -2.34. The van der Waals surface area contributed by atoms with E-state index < -0.39 is 11.1 Å². The molecule has 2 nitrogen and oxygen atoms in total. The SMILES string of the molecule is [B]C1(C)C=Cc2c(-c3ccccc3)c(C(C)(C)O)c3ccccc3c2O1. The summed E-state index contributed by atoms with van der Waals surface area (Å²) >= 11 is 0. The van der Waals surface area contributed by atoms with Crippen LogP contribution < -0.4 is 4.74 Å². The largest absolute Gasteiger partial charge is 0.492 e. The van der Waals surface area contributed by atoms with Crippen molar-refractivity contribution in [2.24, 2.45) is 0 Å². The van der Waals surface area contributed by atoms with Crippen molar-refractivity contribution in [1.82, 2.24) is 0 Å². The minimum Gasteiger partial charge on any atom is -0.492 e. The number of hydrogen-bond acceptors (Lipinski definition) is 2. The monoisotopic (exact) mass is 340 g/mol. The fourth-order valence-electron chi connectivity index (χ4n) is 3.74. The molecule has 1 heterocycles. The molecule has 0 aliphatic carbocycles. The molecule has 3 heteroatoms. The Morgan fingerprint density at radius 2 is 1.58 bits per heavy atom. The Morgan fingerprint density at radius 3 is 2.23 bits per heavy atom. The van der Waals surface area contributed by atoms with Gasteiger partial charge in [-0.25, -0.2) is 0 Å². The second kappa shape index (κ2) is 5.75. The standard InChI is InChI=1S/C23H21BO2/c1-22(2,25)20-16-11-7-8-12-17(16)21-18(13-14-23(3,24)26-21)19(20)15-9-5-4-6-10-15/h4-14,25H,1-3H3. The molecule has 26 heavy (non-hydrogen) atoms. The molecule has 2 radical (unpaired) electrons. The van der Waals surface area contributed by atoms with Gasteiger partial charge in [-0.15, -0.1) is 0 Å². The fraction of sp³-hybridized carbons (Fsp3) is 0.217. The van der Waals surface area contributed by atoms with Gasteiger partial charge in [0.1, 0.15) is 13.6 Å². The van der Waals surface area contributed by atoms with Crippen molar-refractivity contribution in [3.8, 4) is 16.9 Å². The van der Waals surface area contributed by atoms with E-state index in [0.29, 0.717) is 0 Å². The smallest absolute Gasteiger partial charge is 0.137 e. The van der Waals surface area contributed by atoms with Crippen molar-refractivity contribution in [3.63, 3.8) is 0 Å². The Morgan fingerprint density at radius 1 is 0.962 bits per heavy atom. The molecule has 1 N–H and O–H groups in total. The first kappa shape index (κ1) is 16.9. The summed E-state index contributed by atoms with van der Waals surface area (Å²) in [5.74, 6) is 0.764. The third-order valence-electron chi connectivity index (χ3n) is 4.78. The number of fused-ring (bicyclic) bond motifs is 3. The summed E-state index contributed by atoms with van der Waals surface area (Å²) in [4.78, 5) is 0. The van der Waals surface area contributed by atoms with Crippen molar-refractivity contribution in [2.75, 3.05) is 0 Å². The number of benzene rings is 3. The van der Waals surface area contributed by atoms with Gasteiger partial charge in [0.2, 0.25) is 0 Å². The highest BCUT2D eigenvalue weighted by atomic mass is 16.5. The van der Waals surface area contributed by atoms with Crippen molar-refractivity contribution >= 4 is 24.7 Å². The maximum Gasteiger partial charge on any atom is 0.137 e. The molecule has 128 valence electrons. The summed E-state index contributed by atoms with van der Waals surface area (Å²) in [6.07, 6.45) is 3.88. The van der Waals surface area contributed by atoms with Crippen molar-refractivity contribution in [3.05, 3.63) is 71.8 Å². The Balaban J connectivity index is 2.21. The molecule has 3 aromatic carbocycles. The third-order valence-corrected chi connectivity index (χ3v) is 4.78. The van der Waals surface area contributed by atoms with Crippen molar-refractivity contribution < 1.29 is 9.84 Å². The van der Waals surface area contributed by atoms with E-state index in [0.717, 1.165) is 38.8 Å². The normalized spacial score (nSPS) is 19.2. The van der Waals surface area contributed by atoms with Gasteiger partial charge in [-0.3, -0.25) is 0 Å². The zero-order valence-corrected chi connectivity index (χ0v) is 15.3. The number of ether oxygens (including phenoxy) is 1. The molecular formula is C23H21BO2. The van der Waals surface area contributed by atoms with Crippen LogP contribution in [0.1, 0.15) is 31.9 Å². The summed E-state index contributed by atoms with van der Waals surface area (Å²) in [6, 6.07) is 18.1. The van der Waals surface area contributed by atoms with E-state index in [4.69, 9.17) is 12.6 Å². The summed E-state index contributed by atoms with van der Waals surface area (Å²) in [6.45, 7) is 5.50. The first-order valence-electron chi connectivity index (χ1n) is 8.82. The Bertz CT molecular complexity index is 1010. The summed E-state index contributed by atoms with van der Waals surface area (Å²) in [5.41, 5.74) is 2.00. The van der Waals surface area contributed by atoms with Gasteiger partial charge in [0.05, 0.1) is 11.1 Å². The zero-order chi connectivity index (χ0) is 18.5. The van der Waals surface area contributed by atoms with Crippen LogP contribution in [0.3, 0.4) is 0 Å². The van der Waals surface area contributed by atoms with Crippen LogP contribution in [0.25, 0.3) is 28.0 Å². The van der Waals surface area contributed by atoms with Crippen LogP contribution >= 0.6 is 0 Å². The van der Waals surface area contributed by atoms with Gasteiger partial charge >= 0.3 is 0 Å². The molecule has 0 bridgehead atoms. The molecule has 0 spiro atoms. The second-order valence-corrected chi connectivity index (χ2v) is 7.58. The maximum atomic E-state index is 11.0. The molecule has 1 aliphatic rings. The molecular weight excluding hydrogens is 319 g/mol. The van der Waals surface area contributed by atoms with Crippen LogP contribution in [0.15, 0.2) is 60.7 Å². The number of rotatable bonds is 2. The Hall–Kier alpha value is -2.52. The first-order valence-corrected chi connectivity index (χ1v) is 8.82. The van der Waals surface area contributed by atoms with Crippen molar-refractivity contribution in [2.45, 2.75) is 31.9 Å². The molecule has 1 aliphatic heterocycles. The Labute approximate surface area is 155 Å². The molecule has 0 saturated heterocycles. The molecule has 0 saturated carbocycles. The lowest BCUT2D eigenvalue weighted by Crippen LogP contribution is -2.32. The third kappa shape index (κ3) is 2.73. The average molecular weight is 340 g/mol. The predicted octanol–water partition coefficient (Wildman–Crippen LogP) is 5.02. The van der Waals surface area contributed by atoms with E-state index in [1.807, 2.05) is 75.4 Å².